The summed E-state index contributed by atoms with van der Waals surface area (Å²) in [4.78, 5) is 0. The second-order valence-electron chi connectivity index (χ2n) is 0.742. The summed E-state index contributed by atoms with van der Waals surface area (Å²) in [5, 5.41) is 0. The van der Waals surface area contributed by atoms with Gasteiger partial charge in [0, 0.05) is 0 Å². The van der Waals surface area contributed by atoms with Crippen LogP contribution in [0.3, 0.4) is 0 Å². The molecule has 0 aromatic carbocycles. The van der Waals surface area contributed by atoms with E-state index in [0.717, 1.165) is 0 Å². The molecule has 0 aliphatic carbocycles. The number of hydrogen-bond acceptors (Lipinski definition) is 0. The Morgan fingerprint density at radius 3 is 1.50 bits per heavy atom. The molecule has 4 heavy (non-hydrogen) atoms. The molecule has 0 aromatic rings. The quantitative estimate of drug-likeness (QED) is 0.483. The van der Waals surface area contributed by atoms with Crippen molar-refractivity contribution < 1.29 is 0 Å². The summed E-state index contributed by atoms with van der Waals surface area (Å²) in [7, 11) is 0. The molecule has 0 aliphatic heterocycles. The molecule has 2 heteroatoms. The van der Waals surface area contributed by atoms with Gasteiger partial charge in [-0.1, -0.05) is 0 Å². The summed E-state index contributed by atoms with van der Waals surface area (Å²) in [6.45, 7) is 0. The molecule has 26 valence electrons. The molecule has 0 rings (SSSR count). The van der Waals surface area contributed by atoms with Gasteiger partial charge >= 0.3 is 36.8 Å². The van der Waals surface area contributed by atoms with Gasteiger partial charge in [-0.3, -0.25) is 0 Å². The Balaban J connectivity index is 2.80. The van der Waals surface area contributed by atoms with Gasteiger partial charge in [-0.2, -0.15) is 0 Å². The van der Waals surface area contributed by atoms with Crippen molar-refractivity contribution in [1.29, 1.82) is 0 Å². The van der Waals surface area contributed by atoms with E-state index in [-0.39, 0.29) is 11.5 Å². The average Bonchev–Trinajstić information content (AvgIpc) is 0.811. The van der Waals surface area contributed by atoms with E-state index in [1.165, 1.54) is 0 Å². The van der Waals surface area contributed by atoms with Crippen LogP contribution in [0.5, 0.6) is 0 Å². The molecule has 0 saturated carbocycles. The molecule has 0 aromatic heterocycles. The first-order valence-electron chi connectivity index (χ1n) is 0.983. The van der Waals surface area contributed by atoms with Gasteiger partial charge in [0.05, 0.1) is 0 Å². The fraction of sp³-hybridized carbons (Fsp3) is 1.00. The summed E-state index contributed by atoms with van der Waals surface area (Å²) >= 11 is 2.86. The van der Waals surface area contributed by atoms with Gasteiger partial charge in [-0.05, 0) is 0 Å². The van der Waals surface area contributed by atoms with Crippen molar-refractivity contribution in [2.45, 2.75) is 11.6 Å². The second-order valence-corrected chi connectivity index (χ2v) is 11.1. The predicted octanol–water partition coefficient (Wildman–Crippen LogP) is 0.406. The van der Waals surface area contributed by atoms with Crippen molar-refractivity contribution in [3.8, 4) is 0 Å². The molecule has 0 N–H and O–H groups in total. The predicted molar refractivity (Wildman–Crippen MR) is 23.2 cm³/mol. The van der Waals surface area contributed by atoms with E-state index >= 15 is 0 Å². The molecule has 0 saturated heterocycles. The van der Waals surface area contributed by atoms with Crippen LogP contribution in [0.2, 0.25) is 11.6 Å². The van der Waals surface area contributed by atoms with Crippen LogP contribution in [-0.2, 0) is 0 Å². The number of rotatable bonds is 0. The topological polar surface area (TPSA) is 0 Å². The molecule has 0 spiro atoms. The molecular weight excluding hydrogens is 182 g/mol. The van der Waals surface area contributed by atoms with Crippen molar-refractivity contribution in [2.75, 3.05) is 0 Å². The van der Waals surface area contributed by atoms with Gasteiger partial charge in [-0.25, -0.2) is 0 Å². The van der Waals surface area contributed by atoms with Crippen LogP contribution in [-0.4, -0.2) is 25.2 Å². The fourth-order valence-corrected chi connectivity index (χ4v) is 0. The van der Waals surface area contributed by atoms with Crippen molar-refractivity contribution in [3.05, 3.63) is 0 Å². The molecule has 0 unspecified atom stereocenters. The van der Waals surface area contributed by atoms with Crippen LogP contribution < -0.4 is 0 Å². The van der Waals surface area contributed by atoms with E-state index in [4.69, 9.17) is 0 Å². The first-order valence-corrected chi connectivity index (χ1v) is 8.74. The van der Waals surface area contributed by atoms with Gasteiger partial charge in [-0.15, -0.1) is 0 Å². The van der Waals surface area contributed by atoms with E-state index in [1.807, 2.05) is 0 Å². The van der Waals surface area contributed by atoms with E-state index in [1.54, 1.807) is 0 Å². The molecule has 0 bridgehead atoms. The first kappa shape index (κ1) is 5.04. The van der Waals surface area contributed by atoms with Crippen LogP contribution in [0.15, 0.2) is 0 Å². The van der Waals surface area contributed by atoms with Crippen LogP contribution >= 0.6 is 0 Å². The average molecular weight is 188 g/mol. The van der Waals surface area contributed by atoms with Crippen molar-refractivity contribution >= 4 is 25.2 Å². The zero-order chi connectivity index (χ0) is 3.58. The zero-order valence-electron chi connectivity index (χ0n) is 2.82. The Hall–Kier alpha value is 1.04. The molecule has 0 amide bonds. The monoisotopic (exact) mass is 190 g/mol. The molecule has 0 nitrogen and oxygen atoms in total. The summed E-state index contributed by atoms with van der Waals surface area (Å²) in [5.74, 6) is 4.47. The maximum atomic E-state index is 3.03. The summed E-state index contributed by atoms with van der Waals surface area (Å²) in [6.07, 6.45) is 0. The molecule has 0 fully saturated rings. The summed E-state index contributed by atoms with van der Waals surface area (Å²) in [5.41, 5.74) is 0. The van der Waals surface area contributed by atoms with Crippen LogP contribution in [0.4, 0.5) is 0 Å². The van der Waals surface area contributed by atoms with Crippen molar-refractivity contribution in [3.63, 3.8) is 0 Å². The Kier molecular flexibility index (Phi) is 2.88. The normalized spacial score (nSPS) is 8.75. The number of hydrogen-bond donors (Lipinski definition) is 0. The van der Waals surface area contributed by atoms with Crippen LogP contribution in [0, 0.1) is 0 Å². The molecule has 0 heterocycles. The fourth-order valence-electron chi connectivity index (χ4n) is 0. The van der Waals surface area contributed by atoms with Crippen LogP contribution in [0.1, 0.15) is 0 Å². The van der Waals surface area contributed by atoms with Gasteiger partial charge in [0.15, 0.2) is 0 Å². The van der Waals surface area contributed by atoms with Gasteiger partial charge in [0.2, 0.25) is 0 Å². The standard InChI is InChI=1S/C2H6Se2/c1-4(2)3/h1-2H3. The molecular formula is C2H6Se2. The van der Waals surface area contributed by atoms with Gasteiger partial charge < -0.3 is 0 Å². The third-order valence-corrected chi connectivity index (χ3v) is 0. The second kappa shape index (κ2) is 2.29. The maximum absolute atomic E-state index is 3.03. The minimum absolute atomic E-state index is 0.167. The van der Waals surface area contributed by atoms with E-state index in [2.05, 4.69) is 25.3 Å². The Bertz CT molecular complexity index is 27.0. The Morgan fingerprint density at radius 1 is 1.50 bits per heavy atom. The molecule has 0 aliphatic rings. The summed E-state index contributed by atoms with van der Waals surface area (Å²) in [6, 6.07) is 0. The van der Waals surface area contributed by atoms with Crippen LogP contribution in [0.25, 0.3) is 0 Å². The van der Waals surface area contributed by atoms with Crippen molar-refractivity contribution in [1.82, 2.24) is 0 Å². The van der Waals surface area contributed by atoms with Gasteiger partial charge in [0.1, 0.15) is 0 Å². The SMILES string of the molecule is C[Se](C)=[Se]. The third kappa shape index (κ3) is 11.7. The summed E-state index contributed by atoms with van der Waals surface area (Å²) < 4.78 is 0. The zero-order valence-corrected chi connectivity index (χ0v) is 6.24. The van der Waals surface area contributed by atoms with Crippen molar-refractivity contribution in [2.24, 2.45) is 0 Å². The molecule has 0 radical (unpaired) electrons. The van der Waals surface area contributed by atoms with E-state index in [9.17, 15) is 0 Å². The Labute approximate surface area is 37.1 Å². The van der Waals surface area contributed by atoms with Gasteiger partial charge in [0.25, 0.3) is 0 Å². The molecule has 0 atom stereocenters. The minimum atomic E-state index is -0.167. The van der Waals surface area contributed by atoms with E-state index < -0.39 is 0 Å². The Morgan fingerprint density at radius 2 is 1.50 bits per heavy atom. The third-order valence-electron chi connectivity index (χ3n) is 0. The first-order chi connectivity index (χ1) is 1.73. The van der Waals surface area contributed by atoms with E-state index in [0.29, 0.717) is 0 Å².